The largest absolute Gasteiger partial charge is 0.496 e. The van der Waals surface area contributed by atoms with Gasteiger partial charge in [-0.05, 0) is 43.2 Å². The average molecular weight is 442 g/mol. The molecular formula is C22H23N3O5S. The zero-order chi connectivity index (χ0) is 22.4. The minimum atomic E-state index is -0.561. The Morgan fingerprint density at radius 1 is 1.03 bits per heavy atom. The lowest BCUT2D eigenvalue weighted by molar-refractivity contribution is 0.0470. The van der Waals surface area contributed by atoms with E-state index in [1.165, 1.54) is 19.8 Å². The van der Waals surface area contributed by atoms with Gasteiger partial charge in [-0.15, -0.1) is 10.2 Å². The summed E-state index contributed by atoms with van der Waals surface area (Å²) in [5.74, 6) is 0.113. The summed E-state index contributed by atoms with van der Waals surface area (Å²) in [4.78, 5) is 24.8. The molecule has 31 heavy (non-hydrogen) atoms. The second-order valence-electron chi connectivity index (χ2n) is 6.59. The van der Waals surface area contributed by atoms with Gasteiger partial charge in [0.05, 0.1) is 19.8 Å². The Balaban J connectivity index is 1.62. The molecule has 1 heterocycles. The molecule has 0 aliphatic rings. The van der Waals surface area contributed by atoms with Crippen molar-refractivity contribution >= 4 is 28.9 Å². The number of esters is 1. The number of aryl methyl sites for hydroxylation is 1. The Labute approximate surface area is 184 Å². The SMILES string of the molecule is CCc1ccc(NC(=O)c2nnc(COC(=O)c3cc(OC)c(C)c(OC)c3)s2)cc1. The molecule has 0 aliphatic carbocycles. The molecule has 9 heteroatoms. The molecule has 0 aliphatic heterocycles. The van der Waals surface area contributed by atoms with Crippen LogP contribution in [0, 0.1) is 6.92 Å². The third kappa shape index (κ3) is 5.37. The standard InChI is InChI=1S/C22H23N3O5S/c1-5-14-6-8-16(9-7-14)23-20(26)21-25-24-19(31-21)12-30-22(27)15-10-17(28-3)13(2)18(11-15)29-4/h6-11H,5,12H2,1-4H3,(H,23,26). The summed E-state index contributed by atoms with van der Waals surface area (Å²) in [6.45, 7) is 3.79. The van der Waals surface area contributed by atoms with Gasteiger partial charge in [-0.1, -0.05) is 30.4 Å². The van der Waals surface area contributed by atoms with Crippen LogP contribution < -0.4 is 14.8 Å². The third-order valence-electron chi connectivity index (χ3n) is 4.60. The van der Waals surface area contributed by atoms with Crippen LogP contribution in [0.3, 0.4) is 0 Å². The van der Waals surface area contributed by atoms with Crippen molar-refractivity contribution < 1.29 is 23.8 Å². The Hall–Kier alpha value is -3.46. The lowest BCUT2D eigenvalue weighted by Crippen LogP contribution is -2.11. The van der Waals surface area contributed by atoms with Gasteiger partial charge >= 0.3 is 5.97 Å². The normalized spacial score (nSPS) is 10.5. The summed E-state index contributed by atoms with van der Waals surface area (Å²) in [5, 5.41) is 11.2. The molecule has 0 saturated heterocycles. The van der Waals surface area contributed by atoms with E-state index in [4.69, 9.17) is 14.2 Å². The number of hydrogen-bond acceptors (Lipinski definition) is 8. The number of hydrogen-bond donors (Lipinski definition) is 1. The highest BCUT2D eigenvalue weighted by Gasteiger charge is 2.17. The first-order chi connectivity index (χ1) is 14.9. The minimum Gasteiger partial charge on any atom is -0.496 e. The molecule has 1 aromatic heterocycles. The van der Waals surface area contributed by atoms with Crippen LogP contribution >= 0.6 is 11.3 Å². The second-order valence-corrected chi connectivity index (χ2v) is 7.65. The van der Waals surface area contributed by atoms with E-state index in [-0.39, 0.29) is 23.1 Å². The summed E-state index contributed by atoms with van der Waals surface area (Å²) >= 11 is 1.06. The van der Waals surface area contributed by atoms with Crippen molar-refractivity contribution in [3.63, 3.8) is 0 Å². The highest BCUT2D eigenvalue weighted by molar-refractivity contribution is 7.13. The van der Waals surface area contributed by atoms with Crippen LogP contribution in [0.15, 0.2) is 36.4 Å². The Bertz CT molecular complexity index is 1050. The van der Waals surface area contributed by atoms with Crippen molar-refractivity contribution in [1.82, 2.24) is 10.2 Å². The van der Waals surface area contributed by atoms with E-state index >= 15 is 0 Å². The smallest absolute Gasteiger partial charge is 0.338 e. The zero-order valence-electron chi connectivity index (χ0n) is 17.7. The van der Waals surface area contributed by atoms with Gasteiger partial charge in [0.25, 0.3) is 5.91 Å². The van der Waals surface area contributed by atoms with Crippen LogP contribution in [-0.2, 0) is 17.8 Å². The number of aromatic nitrogens is 2. The van der Waals surface area contributed by atoms with E-state index in [9.17, 15) is 9.59 Å². The third-order valence-corrected chi connectivity index (χ3v) is 5.49. The van der Waals surface area contributed by atoms with Gasteiger partial charge in [-0.3, -0.25) is 4.79 Å². The fraction of sp³-hybridized carbons (Fsp3) is 0.273. The maximum absolute atomic E-state index is 12.4. The van der Waals surface area contributed by atoms with E-state index in [1.807, 2.05) is 31.2 Å². The highest BCUT2D eigenvalue weighted by atomic mass is 32.1. The predicted octanol–water partition coefficient (Wildman–Crippen LogP) is 4.04. The van der Waals surface area contributed by atoms with Crippen LogP contribution in [0.5, 0.6) is 11.5 Å². The number of ether oxygens (including phenoxy) is 3. The molecule has 0 radical (unpaired) electrons. The molecule has 1 N–H and O–H groups in total. The van der Waals surface area contributed by atoms with E-state index in [1.54, 1.807) is 12.1 Å². The minimum absolute atomic E-state index is 0.104. The van der Waals surface area contributed by atoms with Gasteiger partial charge in [0.1, 0.15) is 18.1 Å². The molecule has 0 unspecified atom stereocenters. The molecule has 0 atom stereocenters. The number of amides is 1. The maximum atomic E-state index is 12.4. The number of nitrogens with zero attached hydrogens (tertiary/aromatic N) is 2. The number of methoxy groups -OCH3 is 2. The first-order valence-corrected chi connectivity index (χ1v) is 10.4. The number of benzene rings is 2. The number of carbonyl (C=O) groups excluding carboxylic acids is 2. The molecule has 0 bridgehead atoms. The summed E-state index contributed by atoms with van der Waals surface area (Å²) in [6.07, 6.45) is 0.925. The molecule has 1 amide bonds. The van der Waals surface area contributed by atoms with Gasteiger partial charge in [0.15, 0.2) is 5.01 Å². The van der Waals surface area contributed by atoms with E-state index in [2.05, 4.69) is 22.4 Å². The van der Waals surface area contributed by atoms with Gasteiger partial charge in [0, 0.05) is 11.3 Å². The monoisotopic (exact) mass is 441 g/mol. The number of carbonyl (C=O) groups is 2. The maximum Gasteiger partial charge on any atom is 0.338 e. The molecule has 0 saturated carbocycles. The van der Waals surface area contributed by atoms with Crippen molar-refractivity contribution in [2.24, 2.45) is 0 Å². The first kappa shape index (κ1) is 22.2. The molecule has 162 valence electrons. The number of nitrogens with one attached hydrogen (secondary N) is 1. The van der Waals surface area contributed by atoms with Crippen molar-refractivity contribution in [3.8, 4) is 11.5 Å². The molecule has 3 rings (SSSR count). The van der Waals surface area contributed by atoms with Gasteiger partial charge in [-0.2, -0.15) is 0 Å². The van der Waals surface area contributed by atoms with E-state index < -0.39 is 5.97 Å². The molecule has 8 nitrogen and oxygen atoms in total. The van der Waals surface area contributed by atoms with Crippen LogP contribution in [0.25, 0.3) is 0 Å². The predicted molar refractivity (Wildman–Crippen MR) is 117 cm³/mol. The van der Waals surface area contributed by atoms with Crippen LogP contribution in [0.1, 0.15) is 43.2 Å². The fourth-order valence-electron chi connectivity index (χ4n) is 2.83. The number of rotatable bonds is 8. The van der Waals surface area contributed by atoms with Crippen molar-refractivity contribution in [1.29, 1.82) is 0 Å². The Morgan fingerprint density at radius 3 is 2.26 bits per heavy atom. The van der Waals surface area contributed by atoms with Crippen molar-refractivity contribution in [2.75, 3.05) is 19.5 Å². The lowest BCUT2D eigenvalue weighted by Gasteiger charge is -2.12. The highest BCUT2D eigenvalue weighted by Crippen LogP contribution is 2.30. The summed E-state index contributed by atoms with van der Waals surface area (Å²) in [6, 6.07) is 10.8. The molecule has 0 fully saturated rings. The fourth-order valence-corrected chi connectivity index (χ4v) is 3.47. The van der Waals surface area contributed by atoms with Gasteiger partial charge < -0.3 is 19.5 Å². The lowest BCUT2D eigenvalue weighted by atomic mass is 10.1. The van der Waals surface area contributed by atoms with Crippen LogP contribution in [0.4, 0.5) is 5.69 Å². The van der Waals surface area contributed by atoms with E-state index in [0.717, 1.165) is 23.3 Å². The number of anilines is 1. The topological polar surface area (TPSA) is 99.6 Å². The quantitative estimate of drug-likeness (QED) is 0.527. The van der Waals surface area contributed by atoms with Crippen molar-refractivity contribution in [3.05, 3.63) is 63.1 Å². The van der Waals surface area contributed by atoms with Gasteiger partial charge in [-0.25, -0.2) is 4.79 Å². The zero-order valence-corrected chi connectivity index (χ0v) is 18.5. The molecule has 2 aromatic carbocycles. The Kier molecular flexibility index (Phi) is 7.19. The van der Waals surface area contributed by atoms with Crippen molar-refractivity contribution in [2.45, 2.75) is 26.9 Å². The first-order valence-electron chi connectivity index (χ1n) is 9.57. The van der Waals surface area contributed by atoms with Crippen LogP contribution in [-0.4, -0.2) is 36.3 Å². The summed E-state index contributed by atoms with van der Waals surface area (Å²) in [7, 11) is 3.03. The Morgan fingerprint density at radius 2 is 1.68 bits per heavy atom. The van der Waals surface area contributed by atoms with Gasteiger partial charge in [0.2, 0.25) is 5.01 Å². The summed E-state index contributed by atoms with van der Waals surface area (Å²) in [5.41, 5.74) is 2.93. The summed E-state index contributed by atoms with van der Waals surface area (Å²) < 4.78 is 15.9. The second kappa shape index (κ2) is 10.0. The molecule has 3 aromatic rings. The van der Waals surface area contributed by atoms with Crippen LogP contribution in [0.2, 0.25) is 0 Å². The molecular weight excluding hydrogens is 418 g/mol. The average Bonchev–Trinajstić information content (AvgIpc) is 3.27. The molecule has 0 spiro atoms. The van der Waals surface area contributed by atoms with E-state index in [0.29, 0.717) is 22.2 Å².